The summed E-state index contributed by atoms with van der Waals surface area (Å²) in [5, 5.41) is 2.95. The maximum atomic E-state index is 14.1. The number of carbonyl (C=O) groups excluding carboxylic acids is 3. The number of ether oxygens (including phenoxy) is 1. The number of nitrogens with zero attached hydrogens (tertiary/aromatic N) is 3. The molecule has 10 heteroatoms. The molecule has 190 valence electrons. The molecular weight excluding hydrogens is 470 g/mol. The van der Waals surface area contributed by atoms with Crippen LogP contribution in [0.25, 0.3) is 0 Å². The van der Waals surface area contributed by atoms with Crippen LogP contribution in [0.2, 0.25) is 0 Å². The minimum absolute atomic E-state index is 0.00934. The minimum atomic E-state index is -1.33. The summed E-state index contributed by atoms with van der Waals surface area (Å²) < 4.78 is 33.2. The highest BCUT2D eigenvalue weighted by molar-refractivity contribution is 6.07. The van der Waals surface area contributed by atoms with Crippen LogP contribution in [-0.2, 0) is 26.3 Å². The fraction of sp³-hybridized carbons (Fsp3) is 0.462. The number of piperidine rings is 1. The normalized spacial score (nSPS) is 24.9. The topological polar surface area (TPSA) is 91.8 Å². The lowest BCUT2D eigenvalue weighted by molar-refractivity contribution is -0.137. The zero-order valence-corrected chi connectivity index (χ0v) is 19.8. The van der Waals surface area contributed by atoms with E-state index in [1.165, 1.54) is 17.0 Å². The second-order valence-electron chi connectivity index (χ2n) is 9.55. The first-order valence-electron chi connectivity index (χ1n) is 12.3. The molecule has 0 saturated carbocycles. The zero-order valence-electron chi connectivity index (χ0n) is 19.8. The second-order valence-corrected chi connectivity index (χ2v) is 9.55. The first-order valence-corrected chi connectivity index (χ1v) is 12.3. The van der Waals surface area contributed by atoms with Crippen molar-refractivity contribution in [3.8, 4) is 0 Å². The van der Waals surface area contributed by atoms with E-state index in [2.05, 4.69) is 10.3 Å². The Morgan fingerprint density at radius 2 is 1.92 bits per heavy atom. The number of aromatic nitrogens is 1. The van der Waals surface area contributed by atoms with Gasteiger partial charge in [-0.1, -0.05) is 18.2 Å². The van der Waals surface area contributed by atoms with E-state index >= 15 is 0 Å². The third-order valence-corrected chi connectivity index (χ3v) is 7.44. The van der Waals surface area contributed by atoms with Crippen LogP contribution in [-0.4, -0.2) is 65.0 Å². The Morgan fingerprint density at radius 3 is 2.61 bits per heavy atom. The summed E-state index contributed by atoms with van der Waals surface area (Å²) in [6.45, 7) is 1.45. The van der Waals surface area contributed by atoms with Crippen LogP contribution in [0, 0.1) is 17.6 Å². The van der Waals surface area contributed by atoms with E-state index in [4.69, 9.17) is 4.74 Å². The van der Waals surface area contributed by atoms with Gasteiger partial charge in [-0.2, -0.15) is 0 Å². The number of pyridine rings is 1. The highest BCUT2D eigenvalue weighted by Gasteiger charge is 2.58. The summed E-state index contributed by atoms with van der Waals surface area (Å²) >= 11 is 0. The van der Waals surface area contributed by atoms with Crippen LogP contribution in [0.1, 0.15) is 36.9 Å². The second kappa shape index (κ2) is 9.93. The molecule has 0 spiro atoms. The standard InChI is InChI=1S/C26H28F2N4O4/c27-20-7-3-5-17(23(20)28)15-22(33)31-12-9-18(10-13-31)26(21-8-1-2-11-29-21)24(34)32(25(35)30-26)16-19-6-4-14-36-19/h1-3,5,7-8,11,18-19H,4,6,9-10,12-16H2,(H,30,35)/t19-,26-/m1/s1. The van der Waals surface area contributed by atoms with Crippen LogP contribution in [0.4, 0.5) is 13.6 Å². The van der Waals surface area contributed by atoms with E-state index in [0.717, 1.165) is 18.9 Å². The number of amides is 4. The molecule has 1 aromatic carbocycles. The van der Waals surface area contributed by atoms with Crippen molar-refractivity contribution in [2.45, 2.75) is 43.7 Å². The lowest BCUT2D eigenvalue weighted by Crippen LogP contribution is -2.55. The Kier molecular flexibility index (Phi) is 6.70. The monoisotopic (exact) mass is 498 g/mol. The van der Waals surface area contributed by atoms with Gasteiger partial charge in [-0.3, -0.25) is 19.5 Å². The van der Waals surface area contributed by atoms with Crippen molar-refractivity contribution in [3.05, 3.63) is 65.5 Å². The molecule has 2 atom stereocenters. The van der Waals surface area contributed by atoms with E-state index in [9.17, 15) is 23.2 Å². The summed E-state index contributed by atoms with van der Waals surface area (Å²) in [4.78, 5) is 47.0. The van der Waals surface area contributed by atoms with Gasteiger partial charge in [-0.05, 0) is 43.9 Å². The van der Waals surface area contributed by atoms with Crippen molar-refractivity contribution < 1.29 is 27.9 Å². The number of hydrogen-bond donors (Lipinski definition) is 1. The summed E-state index contributed by atoms with van der Waals surface area (Å²) in [7, 11) is 0. The molecule has 0 bridgehead atoms. The van der Waals surface area contributed by atoms with Crippen LogP contribution in [0.15, 0.2) is 42.6 Å². The summed E-state index contributed by atoms with van der Waals surface area (Å²) in [6, 6.07) is 8.57. The molecule has 3 saturated heterocycles. The molecule has 1 aromatic heterocycles. The van der Waals surface area contributed by atoms with E-state index in [-0.39, 0.29) is 42.4 Å². The quantitative estimate of drug-likeness (QED) is 0.619. The molecule has 3 fully saturated rings. The average Bonchev–Trinajstić information content (AvgIpc) is 3.50. The smallest absolute Gasteiger partial charge is 0.325 e. The Labute approximate surface area is 207 Å². The Bertz CT molecular complexity index is 1150. The summed E-state index contributed by atoms with van der Waals surface area (Å²) in [6.07, 6.45) is 3.73. The minimum Gasteiger partial charge on any atom is -0.376 e. The molecule has 3 aliphatic heterocycles. The number of rotatable bonds is 6. The summed E-state index contributed by atoms with van der Waals surface area (Å²) in [5.74, 6) is -2.96. The van der Waals surface area contributed by atoms with Gasteiger partial charge in [-0.25, -0.2) is 13.6 Å². The number of benzene rings is 1. The van der Waals surface area contributed by atoms with E-state index in [1.807, 2.05) is 0 Å². The van der Waals surface area contributed by atoms with Gasteiger partial charge in [0.25, 0.3) is 5.91 Å². The van der Waals surface area contributed by atoms with Crippen molar-refractivity contribution >= 4 is 17.8 Å². The molecule has 0 unspecified atom stereocenters. The molecule has 3 aliphatic rings. The molecule has 5 rings (SSSR count). The van der Waals surface area contributed by atoms with Gasteiger partial charge in [0, 0.05) is 37.4 Å². The van der Waals surface area contributed by atoms with E-state index < -0.39 is 23.2 Å². The SMILES string of the molecule is O=C(Cc1cccc(F)c1F)N1CCC([C@]2(c3ccccn3)NC(=O)N(C[C@H]3CCCO3)C2=O)CC1. The number of nitrogens with one attached hydrogen (secondary N) is 1. The molecule has 2 aromatic rings. The molecule has 1 N–H and O–H groups in total. The number of halogens is 2. The Hall–Kier alpha value is -3.40. The largest absolute Gasteiger partial charge is 0.376 e. The molecule has 36 heavy (non-hydrogen) atoms. The van der Waals surface area contributed by atoms with Gasteiger partial charge in [-0.15, -0.1) is 0 Å². The van der Waals surface area contributed by atoms with Crippen LogP contribution in [0.3, 0.4) is 0 Å². The number of carbonyl (C=O) groups is 3. The average molecular weight is 499 g/mol. The van der Waals surface area contributed by atoms with Gasteiger partial charge >= 0.3 is 6.03 Å². The van der Waals surface area contributed by atoms with Crippen LogP contribution < -0.4 is 5.32 Å². The lowest BCUT2D eigenvalue weighted by atomic mass is 9.75. The lowest BCUT2D eigenvalue weighted by Gasteiger charge is -2.40. The van der Waals surface area contributed by atoms with Crippen molar-refractivity contribution in [1.29, 1.82) is 0 Å². The fourth-order valence-corrected chi connectivity index (χ4v) is 5.53. The maximum Gasteiger partial charge on any atom is 0.325 e. The Balaban J connectivity index is 1.33. The zero-order chi connectivity index (χ0) is 25.3. The first kappa shape index (κ1) is 24.3. The van der Waals surface area contributed by atoms with Crippen molar-refractivity contribution in [2.24, 2.45) is 5.92 Å². The number of urea groups is 1. The van der Waals surface area contributed by atoms with Gasteiger partial charge in [0.1, 0.15) is 0 Å². The van der Waals surface area contributed by atoms with Gasteiger partial charge < -0.3 is 15.0 Å². The predicted octanol–water partition coefficient (Wildman–Crippen LogP) is 2.77. The van der Waals surface area contributed by atoms with Crippen molar-refractivity contribution in [3.63, 3.8) is 0 Å². The number of likely N-dealkylation sites (tertiary alicyclic amines) is 1. The molecule has 4 heterocycles. The first-order chi connectivity index (χ1) is 17.4. The predicted molar refractivity (Wildman–Crippen MR) is 124 cm³/mol. The number of hydrogen-bond acceptors (Lipinski definition) is 5. The van der Waals surface area contributed by atoms with Gasteiger partial charge in [0.05, 0.1) is 24.8 Å². The van der Waals surface area contributed by atoms with Gasteiger partial charge in [0.15, 0.2) is 17.2 Å². The van der Waals surface area contributed by atoms with E-state index in [0.29, 0.717) is 38.2 Å². The third kappa shape index (κ3) is 4.34. The Morgan fingerprint density at radius 1 is 1.11 bits per heavy atom. The van der Waals surface area contributed by atoms with Crippen molar-refractivity contribution in [2.75, 3.05) is 26.2 Å². The highest BCUT2D eigenvalue weighted by atomic mass is 19.2. The summed E-state index contributed by atoms with van der Waals surface area (Å²) in [5.41, 5.74) is -0.860. The number of imide groups is 1. The molecular formula is C26H28F2N4O4. The third-order valence-electron chi connectivity index (χ3n) is 7.44. The van der Waals surface area contributed by atoms with Crippen LogP contribution in [0.5, 0.6) is 0 Å². The molecule has 4 amide bonds. The molecule has 0 aliphatic carbocycles. The van der Waals surface area contributed by atoms with E-state index in [1.54, 1.807) is 29.3 Å². The molecule has 0 radical (unpaired) electrons. The maximum absolute atomic E-state index is 14.1. The van der Waals surface area contributed by atoms with Crippen molar-refractivity contribution in [1.82, 2.24) is 20.1 Å². The van der Waals surface area contributed by atoms with Crippen LogP contribution >= 0.6 is 0 Å². The molecule has 8 nitrogen and oxygen atoms in total. The fourth-order valence-electron chi connectivity index (χ4n) is 5.53. The highest BCUT2D eigenvalue weighted by Crippen LogP contribution is 2.41. The van der Waals surface area contributed by atoms with Gasteiger partial charge in [0.2, 0.25) is 5.91 Å².